The third-order valence-corrected chi connectivity index (χ3v) is 8.93. The second kappa shape index (κ2) is 12.0. The van der Waals surface area contributed by atoms with E-state index in [1.807, 2.05) is 37.3 Å². The van der Waals surface area contributed by atoms with Gasteiger partial charge >= 0.3 is 17.9 Å². The van der Waals surface area contributed by atoms with Crippen molar-refractivity contribution < 1.29 is 33.3 Å². The van der Waals surface area contributed by atoms with Crippen molar-refractivity contribution in [2.75, 3.05) is 6.61 Å². The molecule has 2 aliphatic heterocycles. The molecular weight excluding hydrogens is 496 g/mol. The molecule has 4 rings (SSSR count). The van der Waals surface area contributed by atoms with Crippen LogP contribution in [-0.4, -0.2) is 47.9 Å². The van der Waals surface area contributed by atoms with Gasteiger partial charge in [-0.25, -0.2) is 9.59 Å². The predicted molar refractivity (Wildman–Crippen MR) is 146 cm³/mol. The SMILES string of the molecule is C#CCCCC(=O)OCC(=O)O[C@@H]1C[C@]2(C(C)C)O[C@@]1(C)[C@@H]1CC[C@@H](C)[C@H]1[C@@H]2OC(=O)/C=C/c1ccccc1. The van der Waals surface area contributed by atoms with Gasteiger partial charge < -0.3 is 18.9 Å². The Morgan fingerprint density at radius 2 is 1.90 bits per heavy atom. The molecule has 2 bridgehead atoms. The fourth-order valence-electron chi connectivity index (χ4n) is 6.88. The van der Waals surface area contributed by atoms with E-state index in [4.69, 9.17) is 25.4 Å². The predicted octanol–water partition coefficient (Wildman–Crippen LogP) is 5.12. The van der Waals surface area contributed by atoms with E-state index in [0.29, 0.717) is 25.2 Å². The number of unbranched alkanes of at least 4 members (excludes halogenated alkanes) is 1. The van der Waals surface area contributed by atoms with Crippen molar-refractivity contribution in [1.29, 1.82) is 0 Å². The number of esters is 3. The summed E-state index contributed by atoms with van der Waals surface area (Å²) in [6.45, 7) is 7.88. The molecule has 3 aliphatic rings. The van der Waals surface area contributed by atoms with Crippen LogP contribution >= 0.6 is 0 Å². The molecule has 2 saturated heterocycles. The number of hydrogen-bond acceptors (Lipinski definition) is 7. The Hall–Kier alpha value is -3.11. The first-order valence-electron chi connectivity index (χ1n) is 14.0. The quantitative estimate of drug-likeness (QED) is 0.135. The summed E-state index contributed by atoms with van der Waals surface area (Å²) in [5.74, 6) is 1.44. The van der Waals surface area contributed by atoms with Crippen LogP contribution in [0.3, 0.4) is 0 Å². The summed E-state index contributed by atoms with van der Waals surface area (Å²) < 4.78 is 24.2. The van der Waals surface area contributed by atoms with Gasteiger partial charge in [0.1, 0.15) is 23.4 Å². The Balaban J connectivity index is 1.51. The summed E-state index contributed by atoms with van der Waals surface area (Å²) >= 11 is 0. The molecule has 39 heavy (non-hydrogen) atoms. The average Bonchev–Trinajstić information content (AvgIpc) is 3.42. The van der Waals surface area contributed by atoms with Crippen LogP contribution in [0.4, 0.5) is 0 Å². The molecule has 0 radical (unpaired) electrons. The summed E-state index contributed by atoms with van der Waals surface area (Å²) in [5, 5.41) is 0. The Bertz CT molecular complexity index is 1120. The molecule has 7 nitrogen and oxygen atoms in total. The highest BCUT2D eigenvalue weighted by molar-refractivity contribution is 5.87. The van der Waals surface area contributed by atoms with Crippen LogP contribution < -0.4 is 0 Å². The maximum absolute atomic E-state index is 13.1. The summed E-state index contributed by atoms with van der Waals surface area (Å²) in [6, 6.07) is 9.61. The van der Waals surface area contributed by atoms with Gasteiger partial charge in [-0.2, -0.15) is 0 Å². The second-order valence-corrected chi connectivity index (χ2v) is 11.6. The molecule has 1 aliphatic carbocycles. The van der Waals surface area contributed by atoms with Crippen LogP contribution in [0.1, 0.15) is 71.8 Å². The van der Waals surface area contributed by atoms with Crippen LogP contribution in [0.25, 0.3) is 6.08 Å². The minimum absolute atomic E-state index is 0.000776. The van der Waals surface area contributed by atoms with Gasteiger partial charge in [0, 0.05) is 31.3 Å². The summed E-state index contributed by atoms with van der Waals surface area (Å²) in [7, 11) is 0. The highest BCUT2D eigenvalue weighted by Gasteiger charge is 2.72. The van der Waals surface area contributed by atoms with Gasteiger partial charge in [-0.3, -0.25) is 4.79 Å². The molecule has 7 atom stereocenters. The molecule has 0 spiro atoms. The lowest BCUT2D eigenvalue weighted by Gasteiger charge is -2.52. The van der Waals surface area contributed by atoms with Gasteiger partial charge in [0.25, 0.3) is 0 Å². The van der Waals surface area contributed by atoms with Gasteiger partial charge in [-0.15, -0.1) is 12.3 Å². The number of fused-ring (bicyclic) bond motifs is 4. The van der Waals surface area contributed by atoms with Crippen LogP contribution in [0.2, 0.25) is 0 Å². The van der Waals surface area contributed by atoms with Gasteiger partial charge in [0.2, 0.25) is 0 Å². The Morgan fingerprint density at radius 1 is 1.15 bits per heavy atom. The number of terminal acetylenes is 1. The van der Waals surface area contributed by atoms with Crippen LogP contribution in [-0.2, 0) is 33.3 Å². The molecule has 0 N–H and O–H groups in total. The molecule has 7 heteroatoms. The van der Waals surface area contributed by atoms with E-state index in [9.17, 15) is 14.4 Å². The Kier molecular flexibility index (Phi) is 8.86. The maximum Gasteiger partial charge on any atom is 0.344 e. The topological polar surface area (TPSA) is 88.1 Å². The maximum atomic E-state index is 13.1. The molecule has 210 valence electrons. The smallest absolute Gasteiger partial charge is 0.344 e. The highest BCUT2D eigenvalue weighted by Crippen LogP contribution is 2.63. The molecule has 2 heterocycles. The zero-order valence-electron chi connectivity index (χ0n) is 23.4. The monoisotopic (exact) mass is 536 g/mol. The van der Waals surface area contributed by atoms with E-state index in [-0.39, 0.29) is 24.2 Å². The molecule has 0 amide bonds. The van der Waals surface area contributed by atoms with E-state index in [2.05, 4.69) is 26.7 Å². The van der Waals surface area contributed by atoms with Crippen molar-refractivity contribution in [1.82, 2.24) is 0 Å². The van der Waals surface area contributed by atoms with Crippen molar-refractivity contribution >= 4 is 24.0 Å². The zero-order chi connectivity index (χ0) is 28.2. The largest absolute Gasteiger partial charge is 0.457 e. The molecule has 1 aromatic carbocycles. The van der Waals surface area contributed by atoms with E-state index in [1.54, 1.807) is 6.08 Å². The minimum Gasteiger partial charge on any atom is -0.457 e. The number of carbonyl (C=O) groups is 3. The molecule has 0 aromatic heterocycles. The van der Waals surface area contributed by atoms with Gasteiger partial charge in [0.15, 0.2) is 6.61 Å². The first-order valence-corrected chi connectivity index (χ1v) is 14.0. The number of hydrogen-bond donors (Lipinski definition) is 0. The summed E-state index contributed by atoms with van der Waals surface area (Å²) in [6.07, 6.45) is 10.8. The molecule has 1 saturated carbocycles. The van der Waals surface area contributed by atoms with Crippen molar-refractivity contribution in [2.24, 2.45) is 23.7 Å². The van der Waals surface area contributed by atoms with Crippen molar-refractivity contribution in [2.45, 2.75) is 89.6 Å². The van der Waals surface area contributed by atoms with E-state index < -0.39 is 47.9 Å². The third-order valence-electron chi connectivity index (χ3n) is 8.93. The molecule has 0 unspecified atom stereocenters. The molecule has 1 aromatic rings. The third kappa shape index (κ3) is 5.91. The lowest BCUT2D eigenvalue weighted by atomic mass is 9.69. The lowest BCUT2D eigenvalue weighted by Crippen LogP contribution is -2.62. The van der Waals surface area contributed by atoms with Crippen molar-refractivity contribution in [3.05, 3.63) is 42.0 Å². The van der Waals surface area contributed by atoms with Gasteiger partial charge in [-0.05, 0) is 55.6 Å². The van der Waals surface area contributed by atoms with E-state index in [1.165, 1.54) is 6.08 Å². The summed E-state index contributed by atoms with van der Waals surface area (Å²) in [4.78, 5) is 37.8. The average molecular weight is 537 g/mol. The van der Waals surface area contributed by atoms with E-state index in [0.717, 1.165) is 18.4 Å². The Labute approximate surface area is 231 Å². The number of ether oxygens (including phenoxy) is 4. The molecular formula is C32H40O7. The summed E-state index contributed by atoms with van der Waals surface area (Å²) in [5.41, 5.74) is -0.617. The standard InChI is InChI=1S/C32H40O7/c1-6-7-9-14-26(33)36-20-28(35)37-25-19-32(21(2)3)30(29-22(4)15-17-24(29)31(25,5)39-32)38-27(34)18-16-23-12-10-8-11-13-23/h1,8,10-13,16,18,21-22,24-25,29-30H,7,9,14-15,17,19-20H2,2-5H3/b18-16+/t22-,24-,25-,29-,30+,31+,32-/m1/s1. The van der Waals surface area contributed by atoms with E-state index >= 15 is 0 Å². The van der Waals surface area contributed by atoms with Crippen LogP contribution in [0, 0.1) is 36.0 Å². The first kappa shape index (κ1) is 28.9. The fraction of sp³-hybridized carbons (Fsp3) is 0.594. The van der Waals surface area contributed by atoms with Gasteiger partial charge in [-0.1, -0.05) is 51.1 Å². The minimum atomic E-state index is -0.804. The highest BCUT2D eigenvalue weighted by atomic mass is 16.6. The second-order valence-electron chi connectivity index (χ2n) is 11.6. The Morgan fingerprint density at radius 3 is 2.59 bits per heavy atom. The molecule has 3 fully saturated rings. The van der Waals surface area contributed by atoms with Crippen LogP contribution in [0.15, 0.2) is 36.4 Å². The van der Waals surface area contributed by atoms with Gasteiger partial charge in [0.05, 0.1) is 0 Å². The first-order chi connectivity index (χ1) is 18.6. The van der Waals surface area contributed by atoms with Crippen molar-refractivity contribution in [3.8, 4) is 12.3 Å². The van der Waals surface area contributed by atoms with Crippen LogP contribution in [0.5, 0.6) is 0 Å². The normalized spacial score (nSPS) is 33.0. The number of benzene rings is 1. The fourth-order valence-corrected chi connectivity index (χ4v) is 6.88. The lowest BCUT2D eigenvalue weighted by molar-refractivity contribution is -0.264. The van der Waals surface area contributed by atoms with Crippen molar-refractivity contribution in [3.63, 3.8) is 0 Å². The zero-order valence-corrected chi connectivity index (χ0v) is 23.4. The number of rotatable bonds is 10. The number of carbonyl (C=O) groups excluding carboxylic acids is 3.